The molecule has 0 amide bonds. The van der Waals surface area contributed by atoms with Crippen molar-refractivity contribution in [2.45, 2.75) is 11.3 Å². The summed E-state index contributed by atoms with van der Waals surface area (Å²) in [4.78, 5) is 0.319. The summed E-state index contributed by atoms with van der Waals surface area (Å²) in [7, 11) is 1.59. The van der Waals surface area contributed by atoms with Gasteiger partial charge in [0.05, 0.1) is 11.5 Å². The summed E-state index contributed by atoms with van der Waals surface area (Å²) in [5.41, 5.74) is 1.12. The van der Waals surface area contributed by atoms with Crippen molar-refractivity contribution >= 4 is 10.0 Å². The molecule has 19 heavy (non-hydrogen) atoms. The molecule has 0 aromatic heterocycles. The molecule has 1 N–H and O–H groups in total. The second kappa shape index (κ2) is 7.59. The SMILES string of the molecule is CNCCc1ccc(S(=O)(=O)N(C)CCOC)cc1. The number of hydrogen-bond acceptors (Lipinski definition) is 4. The van der Waals surface area contributed by atoms with Gasteiger partial charge < -0.3 is 10.1 Å². The molecular weight excluding hydrogens is 264 g/mol. The monoisotopic (exact) mass is 286 g/mol. The van der Waals surface area contributed by atoms with Crippen molar-refractivity contribution in [1.29, 1.82) is 0 Å². The van der Waals surface area contributed by atoms with Crippen molar-refractivity contribution in [3.63, 3.8) is 0 Å². The Hall–Kier alpha value is -0.950. The average molecular weight is 286 g/mol. The smallest absolute Gasteiger partial charge is 0.242 e. The highest BCUT2D eigenvalue weighted by molar-refractivity contribution is 7.89. The van der Waals surface area contributed by atoms with Crippen molar-refractivity contribution in [2.75, 3.05) is 40.9 Å². The number of nitrogens with one attached hydrogen (secondary N) is 1. The molecule has 0 unspecified atom stereocenters. The predicted molar refractivity (Wildman–Crippen MR) is 75.8 cm³/mol. The minimum absolute atomic E-state index is 0.319. The predicted octanol–water partition coefficient (Wildman–Crippen LogP) is 0.715. The van der Waals surface area contributed by atoms with Gasteiger partial charge in [0.25, 0.3) is 0 Å². The lowest BCUT2D eigenvalue weighted by Crippen LogP contribution is -2.30. The standard InChI is InChI=1S/C13H22N2O3S/c1-14-9-8-12-4-6-13(7-5-12)19(16,17)15(2)10-11-18-3/h4-7,14H,8-11H2,1-3H3. The van der Waals surface area contributed by atoms with Crippen LogP contribution >= 0.6 is 0 Å². The van der Waals surface area contributed by atoms with Gasteiger partial charge in [0.1, 0.15) is 0 Å². The van der Waals surface area contributed by atoms with Gasteiger partial charge in [-0.25, -0.2) is 8.42 Å². The summed E-state index contributed by atoms with van der Waals surface area (Å²) >= 11 is 0. The van der Waals surface area contributed by atoms with E-state index in [4.69, 9.17) is 4.74 Å². The highest BCUT2D eigenvalue weighted by Gasteiger charge is 2.19. The third-order valence-electron chi connectivity index (χ3n) is 2.91. The Balaban J connectivity index is 2.78. The van der Waals surface area contributed by atoms with E-state index in [1.807, 2.05) is 19.2 Å². The van der Waals surface area contributed by atoms with Crippen molar-refractivity contribution in [2.24, 2.45) is 0 Å². The number of likely N-dealkylation sites (N-methyl/N-ethyl adjacent to an activating group) is 2. The number of ether oxygens (including phenoxy) is 1. The Morgan fingerprint density at radius 3 is 2.42 bits per heavy atom. The molecule has 1 aromatic rings. The van der Waals surface area contributed by atoms with E-state index in [0.717, 1.165) is 18.5 Å². The van der Waals surface area contributed by atoms with E-state index >= 15 is 0 Å². The first-order valence-corrected chi connectivity index (χ1v) is 7.65. The molecule has 0 bridgehead atoms. The molecule has 0 fully saturated rings. The highest BCUT2D eigenvalue weighted by Crippen LogP contribution is 2.15. The fraction of sp³-hybridized carbons (Fsp3) is 0.538. The molecule has 0 saturated heterocycles. The highest BCUT2D eigenvalue weighted by atomic mass is 32.2. The lowest BCUT2D eigenvalue weighted by atomic mass is 10.1. The van der Waals surface area contributed by atoms with Crippen LogP contribution in [0.2, 0.25) is 0 Å². The van der Waals surface area contributed by atoms with E-state index in [-0.39, 0.29) is 0 Å². The molecule has 1 aromatic carbocycles. The molecule has 0 aliphatic heterocycles. The number of benzene rings is 1. The fourth-order valence-electron chi connectivity index (χ4n) is 1.62. The first kappa shape index (κ1) is 16.1. The van der Waals surface area contributed by atoms with E-state index in [1.54, 1.807) is 26.3 Å². The fourth-order valence-corrected chi connectivity index (χ4v) is 2.77. The van der Waals surface area contributed by atoms with Crippen LogP contribution < -0.4 is 5.32 Å². The Bertz CT molecular complexity index is 471. The zero-order valence-corrected chi connectivity index (χ0v) is 12.5. The molecule has 6 heteroatoms. The molecule has 0 heterocycles. The molecular formula is C13H22N2O3S. The summed E-state index contributed by atoms with van der Waals surface area (Å²) in [6, 6.07) is 7.02. The number of methoxy groups -OCH3 is 1. The third-order valence-corrected chi connectivity index (χ3v) is 4.78. The molecule has 0 radical (unpaired) electrons. The van der Waals surface area contributed by atoms with Gasteiger partial charge in [-0.05, 0) is 37.7 Å². The van der Waals surface area contributed by atoms with Crippen LogP contribution in [0.1, 0.15) is 5.56 Å². The molecule has 0 spiro atoms. The summed E-state index contributed by atoms with van der Waals surface area (Å²) < 4.78 is 30.6. The maximum atomic E-state index is 12.2. The van der Waals surface area contributed by atoms with E-state index in [0.29, 0.717) is 18.0 Å². The molecule has 108 valence electrons. The Labute approximate surface area is 115 Å². The first-order chi connectivity index (χ1) is 9.02. The lowest BCUT2D eigenvalue weighted by molar-refractivity contribution is 0.185. The van der Waals surface area contributed by atoms with E-state index in [1.165, 1.54) is 4.31 Å². The van der Waals surface area contributed by atoms with Gasteiger partial charge in [0.2, 0.25) is 10.0 Å². The molecule has 0 atom stereocenters. The molecule has 0 saturated carbocycles. The van der Waals surface area contributed by atoms with E-state index in [9.17, 15) is 8.42 Å². The molecule has 0 aliphatic carbocycles. The lowest BCUT2D eigenvalue weighted by Gasteiger charge is -2.16. The average Bonchev–Trinajstić information content (AvgIpc) is 2.42. The van der Waals surface area contributed by atoms with Crippen LogP contribution in [0.5, 0.6) is 0 Å². The van der Waals surface area contributed by atoms with Gasteiger partial charge in [-0.3, -0.25) is 0 Å². The van der Waals surface area contributed by atoms with Gasteiger partial charge >= 0.3 is 0 Å². The number of rotatable bonds is 8. The van der Waals surface area contributed by atoms with Crippen LogP contribution in [0.15, 0.2) is 29.2 Å². The second-order valence-corrected chi connectivity index (χ2v) is 6.36. The topological polar surface area (TPSA) is 58.6 Å². The Morgan fingerprint density at radius 1 is 1.26 bits per heavy atom. The van der Waals surface area contributed by atoms with Crippen LogP contribution in [0.25, 0.3) is 0 Å². The largest absolute Gasteiger partial charge is 0.383 e. The maximum Gasteiger partial charge on any atom is 0.242 e. The summed E-state index contributed by atoms with van der Waals surface area (Å²) in [5.74, 6) is 0. The van der Waals surface area contributed by atoms with Crippen LogP contribution in [0.4, 0.5) is 0 Å². The van der Waals surface area contributed by atoms with Crippen LogP contribution in [0, 0.1) is 0 Å². The number of nitrogens with zero attached hydrogens (tertiary/aromatic N) is 1. The van der Waals surface area contributed by atoms with E-state index < -0.39 is 10.0 Å². The van der Waals surface area contributed by atoms with Crippen molar-refractivity contribution < 1.29 is 13.2 Å². The van der Waals surface area contributed by atoms with Crippen LogP contribution in [0.3, 0.4) is 0 Å². The van der Waals surface area contributed by atoms with Gasteiger partial charge in [-0.15, -0.1) is 0 Å². The minimum atomic E-state index is -3.41. The van der Waals surface area contributed by atoms with Crippen LogP contribution in [-0.4, -0.2) is 53.6 Å². The zero-order valence-electron chi connectivity index (χ0n) is 11.7. The quantitative estimate of drug-likeness (QED) is 0.765. The maximum absolute atomic E-state index is 12.2. The first-order valence-electron chi connectivity index (χ1n) is 6.21. The summed E-state index contributed by atoms with van der Waals surface area (Å²) in [6.07, 6.45) is 0.885. The Morgan fingerprint density at radius 2 is 1.89 bits per heavy atom. The number of hydrogen-bond donors (Lipinski definition) is 1. The van der Waals surface area contributed by atoms with Crippen molar-refractivity contribution in [3.05, 3.63) is 29.8 Å². The second-order valence-electron chi connectivity index (χ2n) is 4.32. The van der Waals surface area contributed by atoms with Gasteiger partial charge in [-0.2, -0.15) is 4.31 Å². The molecule has 1 rings (SSSR count). The number of sulfonamides is 1. The molecule has 0 aliphatic rings. The van der Waals surface area contributed by atoms with Crippen molar-refractivity contribution in [3.8, 4) is 0 Å². The third kappa shape index (κ3) is 4.58. The van der Waals surface area contributed by atoms with Gasteiger partial charge in [-0.1, -0.05) is 12.1 Å². The van der Waals surface area contributed by atoms with Gasteiger partial charge in [0.15, 0.2) is 0 Å². The van der Waals surface area contributed by atoms with Gasteiger partial charge in [0, 0.05) is 20.7 Å². The normalized spacial score (nSPS) is 12.0. The molecule has 5 nitrogen and oxygen atoms in total. The minimum Gasteiger partial charge on any atom is -0.383 e. The van der Waals surface area contributed by atoms with Crippen LogP contribution in [-0.2, 0) is 21.2 Å². The summed E-state index contributed by atoms with van der Waals surface area (Å²) in [5, 5.41) is 3.06. The van der Waals surface area contributed by atoms with E-state index in [2.05, 4.69) is 5.32 Å². The van der Waals surface area contributed by atoms with Crippen molar-refractivity contribution in [1.82, 2.24) is 9.62 Å². The summed E-state index contributed by atoms with van der Waals surface area (Å²) in [6.45, 7) is 1.61. The zero-order chi connectivity index (χ0) is 14.3. The Kier molecular flexibility index (Phi) is 6.44.